The molecule has 0 saturated carbocycles. The van der Waals surface area contributed by atoms with Crippen molar-refractivity contribution in [1.29, 1.82) is 0 Å². The van der Waals surface area contributed by atoms with E-state index in [0.29, 0.717) is 32.5 Å². The summed E-state index contributed by atoms with van der Waals surface area (Å²) in [5.41, 5.74) is 1.85. The van der Waals surface area contributed by atoms with Crippen LogP contribution in [0.15, 0.2) is 60.7 Å². The van der Waals surface area contributed by atoms with E-state index < -0.39 is 12.0 Å². The Bertz CT molecular complexity index is 815. The first-order chi connectivity index (χ1) is 14.6. The van der Waals surface area contributed by atoms with Gasteiger partial charge in [0.1, 0.15) is 6.04 Å². The van der Waals surface area contributed by atoms with Gasteiger partial charge in [0.15, 0.2) is 0 Å². The molecule has 158 valence electrons. The molecule has 0 unspecified atom stereocenters. The first kappa shape index (κ1) is 21.6. The van der Waals surface area contributed by atoms with Crippen LogP contribution in [-0.4, -0.2) is 48.3 Å². The smallest absolute Gasteiger partial charge is 0.242 e. The van der Waals surface area contributed by atoms with Gasteiger partial charge in [-0.25, -0.2) is 0 Å². The summed E-state index contributed by atoms with van der Waals surface area (Å²) in [5, 5.41) is 5.63. The molecule has 1 atom stereocenters. The molecule has 0 aromatic heterocycles. The maximum absolute atomic E-state index is 13.6. The average molecular weight is 408 g/mol. The number of hydrogen-bond donors (Lipinski definition) is 2. The van der Waals surface area contributed by atoms with E-state index in [-0.39, 0.29) is 17.7 Å². The van der Waals surface area contributed by atoms with Gasteiger partial charge in [0.25, 0.3) is 0 Å². The Kier molecular flexibility index (Phi) is 7.60. The van der Waals surface area contributed by atoms with Crippen molar-refractivity contribution in [3.63, 3.8) is 0 Å². The van der Waals surface area contributed by atoms with Crippen molar-refractivity contribution in [3.8, 4) is 0 Å². The van der Waals surface area contributed by atoms with Gasteiger partial charge in [0.2, 0.25) is 17.7 Å². The Morgan fingerprint density at radius 1 is 0.933 bits per heavy atom. The van der Waals surface area contributed by atoms with Crippen LogP contribution in [0, 0.1) is 0 Å². The van der Waals surface area contributed by atoms with E-state index in [9.17, 15) is 14.4 Å². The van der Waals surface area contributed by atoms with Crippen LogP contribution in [0.25, 0.3) is 0 Å². The van der Waals surface area contributed by atoms with Gasteiger partial charge in [0, 0.05) is 26.6 Å². The summed E-state index contributed by atoms with van der Waals surface area (Å²) in [4.78, 5) is 39.0. The lowest BCUT2D eigenvalue weighted by atomic mass is 9.90. The predicted octanol–water partition coefficient (Wildman–Crippen LogP) is 2.45. The lowest BCUT2D eigenvalue weighted by Crippen LogP contribution is -2.48. The van der Waals surface area contributed by atoms with Gasteiger partial charge in [-0.15, -0.1) is 0 Å². The lowest BCUT2D eigenvalue weighted by Gasteiger charge is -2.29. The van der Waals surface area contributed by atoms with E-state index in [4.69, 9.17) is 0 Å². The molecule has 2 aromatic carbocycles. The third-order valence-electron chi connectivity index (χ3n) is 5.38. The Balaban J connectivity index is 1.71. The molecule has 3 rings (SSSR count). The van der Waals surface area contributed by atoms with Gasteiger partial charge in [-0.2, -0.15) is 0 Å². The second kappa shape index (κ2) is 10.6. The minimum atomic E-state index is -0.451. The molecule has 1 fully saturated rings. The van der Waals surface area contributed by atoms with Gasteiger partial charge in [0.05, 0.1) is 5.92 Å². The van der Waals surface area contributed by atoms with Gasteiger partial charge in [-0.1, -0.05) is 60.7 Å². The number of rotatable bonds is 8. The number of likely N-dealkylation sites (tertiary alicyclic amines) is 1. The van der Waals surface area contributed by atoms with E-state index in [1.165, 1.54) is 6.92 Å². The van der Waals surface area contributed by atoms with Crippen LogP contribution < -0.4 is 10.6 Å². The number of nitrogens with zero attached hydrogens (tertiary/aromatic N) is 1. The first-order valence-electron chi connectivity index (χ1n) is 10.5. The normalized spacial score (nSPS) is 15.8. The Hall–Kier alpha value is -3.15. The monoisotopic (exact) mass is 407 g/mol. The summed E-state index contributed by atoms with van der Waals surface area (Å²) < 4.78 is 0. The van der Waals surface area contributed by atoms with Crippen molar-refractivity contribution in [3.05, 3.63) is 71.8 Å². The summed E-state index contributed by atoms with van der Waals surface area (Å²) in [6.07, 6.45) is 2.13. The van der Waals surface area contributed by atoms with Crippen LogP contribution in [0.4, 0.5) is 0 Å². The quantitative estimate of drug-likeness (QED) is 0.660. The molecule has 1 aliphatic rings. The second-order valence-electron chi connectivity index (χ2n) is 7.57. The Morgan fingerprint density at radius 2 is 1.50 bits per heavy atom. The molecule has 3 amide bonds. The zero-order valence-electron chi connectivity index (χ0n) is 17.3. The third-order valence-corrected chi connectivity index (χ3v) is 5.38. The molecule has 0 aliphatic carbocycles. The first-order valence-corrected chi connectivity index (χ1v) is 10.5. The molecule has 0 radical (unpaired) electrons. The van der Waals surface area contributed by atoms with Crippen LogP contribution in [0.1, 0.15) is 43.2 Å². The Labute approximate surface area is 177 Å². The van der Waals surface area contributed by atoms with E-state index in [1.807, 2.05) is 60.7 Å². The zero-order chi connectivity index (χ0) is 21.3. The van der Waals surface area contributed by atoms with Crippen LogP contribution in [0.5, 0.6) is 0 Å². The van der Waals surface area contributed by atoms with Crippen molar-refractivity contribution in [2.45, 2.75) is 38.1 Å². The number of benzene rings is 2. The number of amides is 3. The van der Waals surface area contributed by atoms with Crippen LogP contribution in [0.2, 0.25) is 0 Å². The number of carbonyl (C=O) groups is 3. The van der Waals surface area contributed by atoms with E-state index in [1.54, 1.807) is 4.90 Å². The molecular weight excluding hydrogens is 378 g/mol. The Morgan fingerprint density at radius 3 is 2.07 bits per heavy atom. The molecule has 6 heteroatoms. The summed E-state index contributed by atoms with van der Waals surface area (Å²) in [7, 11) is 0. The van der Waals surface area contributed by atoms with Gasteiger partial charge < -0.3 is 15.5 Å². The van der Waals surface area contributed by atoms with Crippen molar-refractivity contribution < 1.29 is 14.4 Å². The molecule has 2 N–H and O–H groups in total. The highest BCUT2D eigenvalue weighted by molar-refractivity contribution is 5.93. The molecule has 6 nitrogen and oxygen atoms in total. The standard InChI is InChI=1S/C24H29N3O3/c1-18(28)25-15-9-16-26-23(29)21-14-8-17-27(21)24(30)22(19-10-4-2-5-11-19)20-12-6-3-7-13-20/h2-7,10-13,21-22H,8-9,14-17H2,1H3,(H,25,28)(H,26,29)/t21-/m0/s1. The fourth-order valence-corrected chi connectivity index (χ4v) is 3.92. The van der Waals surface area contributed by atoms with Crippen LogP contribution in [-0.2, 0) is 14.4 Å². The molecule has 1 aliphatic heterocycles. The SMILES string of the molecule is CC(=O)NCCCNC(=O)[C@@H]1CCCN1C(=O)C(c1ccccc1)c1ccccc1. The summed E-state index contributed by atoms with van der Waals surface area (Å²) in [6.45, 7) is 3.04. The summed E-state index contributed by atoms with van der Waals surface area (Å²) >= 11 is 0. The van der Waals surface area contributed by atoms with E-state index in [2.05, 4.69) is 10.6 Å². The second-order valence-corrected chi connectivity index (χ2v) is 7.57. The van der Waals surface area contributed by atoms with Crippen LogP contribution in [0.3, 0.4) is 0 Å². The third kappa shape index (κ3) is 5.47. The number of hydrogen-bond acceptors (Lipinski definition) is 3. The van der Waals surface area contributed by atoms with Crippen molar-refractivity contribution in [2.24, 2.45) is 0 Å². The maximum Gasteiger partial charge on any atom is 0.242 e. The van der Waals surface area contributed by atoms with Gasteiger partial charge in [-0.3, -0.25) is 14.4 Å². The molecule has 1 saturated heterocycles. The predicted molar refractivity (Wildman–Crippen MR) is 116 cm³/mol. The minimum absolute atomic E-state index is 0.0386. The number of nitrogens with one attached hydrogen (secondary N) is 2. The van der Waals surface area contributed by atoms with Crippen LogP contribution >= 0.6 is 0 Å². The summed E-state index contributed by atoms with van der Waals surface area (Å²) in [6, 6.07) is 19.0. The fraction of sp³-hybridized carbons (Fsp3) is 0.375. The molecule has 2 aromatic rings. The highest BCUT2D eigenvalue weighted by Crippen LogP contribution is 2.30. The lowest BCUT2D eigenvalue weighted by molar-refractivity contribution is -0.138. The minimum Gasteiger partial charge on any atom is -0.356 e. The van der Waals surface area contributed by atoms with Crippen molar-refractivity contribution in [2.75, 3.05) is 19.6 Å². The summed E-state index contributed by atoms with van der Waals surface area (Å²) in [5.74, 6) is -0.672. The van der Waals surface area contributed by atoms with E-state index >= 15 is 0 Å². The zero-order valence-corrected chi connectivity index (χ0v) is 17.3. The van der Waals surface area contributed by atoms with Crippen molar-refractivity contribution >= 4 is 17.7 Å². The number of carbonyl (C=O) groups excluding carboxylic acids is 3. The average Bonchev–Trinajstić information content (AvgIpc) is 3.25. The highest BCUT2D eigenvalue weighted by atomic mass is 16.2. The molecule has 0 spiro atoms. The maximum atomic E-state index is 13.6. The van der Waals surface area contributed by atoms with Gasteiger partial charge >= 0.3 is 0 Å². The molecule has 30 heavy (non-hydrogen) atoms. The molecule has 1 heterocycles. The topological polar surface area (TPSA) is 78.5 Å². The van der Waals surface area contributed by atoms with Gasteiger partial charge in [-0.05, 0) is 30.4 Å². The largest absolute Gasteiger partial charge is 0.356 e. The molecular formula is C24H29N3O3. The van der Waals surface area contributed by atoms with Crippen molar-refractivity contribution in [1.82, 2.24) is 15.5 Å². The van der Waals surface area contributed by atoms with E-state index in [0.717, 1.165) is 17.5 Å². The molecule has 0 bridgehead atoms. The fourth-order valence-electron chi connectivity index (χ4n) is 3.92. The highest BCUT2D eigenvalue weighted by Gasteiger charge is 2.37.